The van der Waals surface area contributed by atoms with Crippen molar-refractivity contribution in [1.29, 1.82) is 0 Å². The second kappa shape index (κ2) is 6.31. The quantitative estimate of drug-likeness (QED) is 0.668. The average Bonchev–Trinajstić information content (AvgIpc) is 2.63. The van der Waals surface area contributed by atoms with E-state index < -0.39 is 23.3 Å². The second-order valence-corrected chi connectivity index (χ2v) is 6.84. The van der Waals surface area contributed by atoms with Gasteiger partial charge in [0.25, 0.3) is 0 Å². The van der Waals surface area contributed by atoms with Gasteiger partial charge >= 0.3 is 5.97 Å². The van der Waals surface area contributed by atoms with E-state index in [1.165, 1.54) is 29.1 Å². The number of hydrogen-bond donors (Lipinski definition) is 2. The summed E-state index contributed by atoms with van der Waals surface area (Å²) >= 11 is 0. The van der Waals surface area contributed by atoms with Crippen LogP contribution in [0, 0.1) is 5.82 Å². The zero-order chi connectivity index (χ0) is 19.3. The summed E-state index contributed by atoms with van der Waals surface area (Å²) in [4.78, 5) is 30.3. The van der Waals surface area contributed by atoms with Crippen molar-refractivity contribution >= 4 is 33.5 Å². The Morgan fingerprint density at radius 1 is 1.37 bits per heavy atom. The molecule has 3 heterocycles. The van der Waals surface area contributed by atoms with Crippen molar-refractivity contribution in [1.82, 2.24) is 9.55 Å². The number of fused-ring (bicyclic) bond motifs is 3. The van der Waals surface area contributed by atoms with Crippen LogP contribution in [0.1, 0.15) is 23.2 Å². The van der Waals surface area contributed by atoms with Crippen LogP contribution in [0.3, 0.4) is 0 Å². The molecule has 1 aliphatic heterocycles. The predicted octanol–water partition coefficient (Wildman–Crippen LogP) is 1.89. The lowest BCUT2D eigenvalue weighted by Gasteiger charge is -2.32. The molecule has 0 spiro atoms. The number of carbonyl (C=O) groups is 1. The first-order valence-corrected chi connectivity index (χ1v) is 8.65. The lowest BCUT2D eigenvalue weighted by molar-refractivity contribution is 0.0695. The molecule has 3 aromatic rings. The molecule has 140 valence electrons. The van der Waals surface area contributed by atoms with Gasteiger partial charge in [-0.1, -0.05) is 0 Å². The maximum Gasteiger partial charge on any atom is 0.341 e. The van der Waals surface area contributed by atoms with Crippen molar-refractivity contribution < 1.29 is 19.4 Å². The minimum atomic E-state index is -1.32. The lowest BCUT2D eigenvalue weighted by atomic mass is 10.0. The highest BCUT2D eigenvalue weighted by atomic mass is 19.1. The zero-order valence-electron chi connectivity index (χ0n) is 14.6. The first kappa shape index (κ1) is 17.4. The number of aliphatic hydroxyl groups excluding tert-OH is 1. The van der Waals surface area contributed by atoms with E-state index in [1.54, 1.807) is 11.9 Å². The Labute approximate surface area is 153 Å². The highest BCUT2D eigenvalue weighted by Crippen LogP contribution is 2.33. The van der Waals surface area contributed by atoms with E-state index in [0.29, 0.717) is 23.9 Å². The van der Waals surface area contributed by atoms with Gasteiger partial charge < -0.3 is 19.7 Å². The number of hydrogen-bond acceptors (Lipinski definition) is 5. The first-order valence-electron chi connectivity index (χ1n) is 8.65. The number of benzene rings is 1. The van der Waals surface area contributed by atoms with Crippen molar-refractivity contribution in [3.8, 4) is 0 Å². The summed E-state index contributed by atoms with van der Waals surface area (Å²) in [5.41, 5.74) is 0.0110. The molecular formula is C19H18FN3O4. The van der Waals surface area contributed by atoms with Gasteiger partial charge in [-0.15, -0.1) is 0 Å². The molecule has 0 aliphatic carbocycles. The third-order valence-corrected chi connectivity index (χ3v) is 5.06. The average molecular weight is 371 g/mol. The highest BCUT2D eigenvalue weighted by Gasteiger charge is 2.24. The fraction of sp³-hybridized carbons (Fsp3) is 0.316. The third-order valence-electron chi connectivity index (χ3n) is 5.06. The van der Waals surface area contributed by atoms with Crippen LogP contribution in [0.2, 0.25) is 0 Å². The summed E-state index contributed by atoms with van der Waals surface area (Å²) in [7, 11) is 1.63. The van der Waals surface area contributed by atoms with Crippen LogP contribution in [0.15, 0.2) is 29.3 Å². The van der Waals surface area contributed by atoms with E-state index in [4.69, 9.17) is 0 Å². The van der Waals surface area contributed by atoms with Gasteiger partial charge in [0.2, 0.25) is 5.43 Å². The molecule has 7 nitrogen and oxygen atoms in total. The summed E-state index contributed by atoms with van der Waals surface area (Å²) < 4.78 is 16.2. The van der Waals surface area contributed by atoms with E-state index >= 15 is 0 Å². The number of carboxylic acid groups (broad SMARTS) is 1. The number of halogens is 1. The molecule has 1 aromatic carbocycles. The molecular weight excluding hydrogens is 353 g/mol. The Bertz CT molecular complexity index is 1140. The van der Waals surface area contributed by atoms with Gasteiger partial charge in [-0.2, -0.15) is 0 Å². The summed E-state index contributed by atoms with van der Waals surface area (Å²) in [5.74, 6) is -1.81. The van der Waals surface area contributed by atoms with Crippen LogP contribution in [0.5, 0.6) is 0 Å². The minimum absolute atomic E-state index is 0.196. The molecule has 1 saturated heterocycles. The SMILES string of the molecule is Cn1cc(C(=O)O)c(=O)c2c3ccc(F)c(N4CCCC(O)C4)c3ncc21. The molecule has 0 amide bonds. The molecule has 1 fully saturated rings. The van der Waals surface area contributed by atoms with Crippen molar-refractivity contribution in [2.45, 2.75) is 18.9 Å². The second-order valence-electron chi connectivity index (χ2n) is 6.84. The van der Waals surface area contributed by atoms with Gasteiger partial charge in [0.1, 0.15) is 11.4 Å². The van der Waals surface area contributed by atoms with Gasteiger partial charge in [-0.05, 0) is 25.0 Å². The Hall–Kier alpha value is -3.00. The van der Waals surface area contributed by atoms with Crippen LogP contribution in [-0.2, 0) is 7.05 Å². The summed E-state index contributed by atoms with van der Waals surface area (Å²) in [6, 6.07) is 2.71. The van der Waals surface area contributed by atoms with Crippen LogP contribution in [-0.4, -0.2) is 44.9 Å². The van der Waals surface area contributed by atoms with Crippen molar-refractivity contribution in [2.75, 3.05) is 18.0 Å². The molecule has 8 heteroatoms. The number of pyridine rings is 2. The molecule has 0 radical (unpaired) electrons. The van der Waals surface area contributed by atoms with E-state index in [9.17, 15) is 24.2 Å². The predicted molar refractivity (Wildman–Crippen MR) is 98.9 cm³/mol. The number of aromatic nitrogens is 2. The number of aryl methyl sites for hydroxylation is 1. The molecule has 1 unspecified atom stereocenters. The van der Waals surface area contributed by atoms with Gasteiger partial charge in [0.05, 0.1) is 34.4 Å². The third kappa shape index (κ3) is 2.73. The van der Waals surface area contributed by atoms with Crippen molar-refractivity contribution in [2.24, 2.45) is 7.05 Å². The zero-order valence-corrected chi connectivity index (χ0v) is 14.6. The molecule has 0 saturated carbocycles. The molecule has 0 bridgehead atoms. The lowest BCUT2D eigenvalue weighted by Crippen LogP contribution is -2.38. The molecule has 1 atom stereocenters. The number of carboxylic acids is 1. The van der Waals surface area contributed by atoms with E-state index in [1.807, 2.05) is 0 Å². The van der Waals surface area contributed by atoms with Crippen molar-refractivity contribution in [3.05, 3.63) is 46.1 Å². The molecule has 27 heavy (non-hydrogen) atoms. The molecule has 4 rings (SSSR count). The first-order chi connectivity index (χ1) is 12.9. The number of piperidine rings is 1. The fourth-order valence-electron chi connectivity index (χ4n) is 3.79. The number of β-amino-alcohol motifs (C(OH)–C–C–N with tert-alkyl or cyclic N) is 1. The van der Waals surface area contributed by atoms with E-state index in [0.717, 1.165) is 6.42 Å². The Balaban J connectivity index is 2.08. The summed E-state index contributed by atoms with van der Waals surface area (Å²) in [5, 5.41) is 19.9. The molecule has 2 N–H and O–H groups in total. The normalized spacial score (nSPS) is 17.6. The maximum absolute atomic E-state index is 14.7. The molecule has 1 aliphatic rings. The maximum atomic E-state index is 14.7. The number of nitrogens with zero attached hydrogens (tertiary/aromatic N) is 3. The fourth-order valence-corrected chi connectivity index (χ4v) is 3.79. The Morgan fingerprint density at radius 3 is 2.85 bits per heavy atom. The number of aromatic carboxylic acids is 1. The van der Waals surface area contributed by atoms with Gasteiger partial charge in [0.15, 0.2) is 0 Å². The van der Waals surface area contributed by atoms with Crippen LogP contribution in [0.25, 0.3) is 21.8 Å². The summed E-state index contributed by atoms with van der Waals surface area (Å²) in [6.07, 6.45) is 3.53. The number of anilines is 1. The van der Waals surface area contributed by atoms with E-state index in [-0.39, 0.29) is 28.7 Å². The van der Waals surface area contributed by atoms with Gasteiger partial charge in [-0.3, -0.25) is 9.78 Å². The van der Waals surface area contributed by atoms with Gasteiger partial charge in [0, 0.05) is 31.7 Å². The summed E-state index contributed by atoms with van der Waals surface area (Å²) in [6.45, 7) is 0.850. The van der Waals surface area contributed by atoms with Gasteiger partial charge in [-0.25, -0.2) is 9.18 Å². The Kier molecular flexibility index (Phi) is 4.07. The molecule has 2 aromatic heterocycles. The van der Waals surface area contributed by atoms with Crippen LogP contribution < -0.4 is 10.3 Å². The topological polar surface area (TPSA) is 95.7 Å². The van der Waals surface area contributed by atoms with Crippen LogP contribution in [0.4, 0.5) is 10.1 Å². The minimum Gasteiger partial charge on any atom is -0.477 e. The van der Waals surface area contributed by atoms with Crippen LogP contribution >= 0.6 is 0 Å². The monoisotopic (exact) mass is 371 g/mol. The highest BCUT2D eigenvalue weighted by molar-refractivity contribution is 6.09. The Morgan fingerprint density at radius 2 is 2.15 bits per heavy atom. The number of rotatable bonds is 2. The standard InChI is InChI=1S/C19H18FN3O4/c1-22-9-12(19(26)27)18(25)15-11-4-5-13(20)17(16(11)21-7-14(15)22)23-6-2-3-10(24)8-23/h4-5,7,9-10,24H,2-3,6,8H2,1H3,(H,26,27). The smallest absolute Gasteiger partial charge is 0.341 e. The van der Waals surface area contributed by atoms with Crippen molar-refractivity contribution in [3.63, 3.8) is 0 Å². The number of aliphatic hydroxyl groups is 1. The van der Waals surface area contributed by atoms with E-state index in [2.05, 4.69) is 4.98 Å². The largest absolute Gasteiger partial charge is 0.477 e.